The van der Waals surface area contributed by atoms with Gasteiger partial charge in [0, 0.05) is 6.92 Å². The van der Waals surface area contributed by atoms with E-state index in [1.807, 2.05) is 26.2 Å². The van der Waals surface area contributed by atoms with E-state index in [1.54, 1.807) is 0 Å². The second kappa shape index (κ2) is 2.88. The Balaban J connectivity index is 2.58. The molecule has 0 amide bonds. The van der Waals surface area contributed by atoms with Gasteiger partial charge in [0.05, 0.1) is 6.54 Å². The number of rotatable bonds is 2. The molecular weight excluding hydrogens is 126 g/mol. The van der Waals surface area contributed by atoms with Crippen molar-refractivity contribution in [3.63, 3.8) is 0 Å². The van der Waals surface area contributed by atoms with Crippen LogP contribution in [0.15, 0.2) is 16.5 Å². The van der Waals surface area contributed by atoms with Gasteiger partial charge in [0.15, 0.2) is 0 Å². The summed E-state index contributed by atoms with van der Waals surface area (Å²) < 4.78 is 5.24. The zero-order chi connectivity index (χ0) is 7.56. The number of hydrogen-bond donors (Lipinski definition) is 0. The van der Waals surface area contributed by atoms with Gasteiger partial charge in [-0.15, -0.1) is 0 Å². The maximum Gasteiger partial charge on any atom is 0.118 e. The molecule has 1 aromatic rings. The van der Waals surface area contributed by atoms with E-state index in [4.69, 9.17) is 4.42 Å². The molecule has 0 saturated carbocycles. The molecule has 0 aliphatic heterocycles. The fraction of sp³-hybridized carbons (Fsp3) is 0.375. The first-order valence-electron chi connectivity index (χ1n) is 3.24. The minimum atomic E-state index is 0.733. The smallest absolute Gasteiger partial charge is 0.118 e. The van der Waals surface area contributed by atoms with Crippen LogP contribution in [0.3, 0.4) is 0 Å². The van der Waals surface area contributed by atoms with E-state index in [1.165, 1.54) is 0 Å². The first-order valence-corrected chi connectivity index (χ1v) is 3.24. The summed E-state index contributed by atoms with van der Waals surface area (Å²) in [5.74, 6) is 1.70. The minimum absolute atomic E-state index is 0.733. The molecule has 0 saturated heterocycles. The van der Waals surface area contributed by atoms with Crippen molar-refractivity contribution in [1.82, 2.24) is 4.90 Å². The lowest BCUT2D eigenvalue weighted by Gasteiger charge is -2.05. The first-order chi connectivity index (χ1) is 4.68. The van der Waals surface area contributed by atoms with Crippen molar-refractivity contribution in [2.75, 3.05) is 14.1 Å². The zero-order valence-corrected chi connectivity index (χ0v) is 6.42. The Morgan fingerprint density at radius 2 is 2.20 bits per heavy atom. The molecule has 0 aromatic carbocycles. The van der Waals surface area contributed by atoms with E-state index in [0.29, 0.717) is 0 Å². The molecule has 0 spiro atoms. The summed E-state index contributed by atoms with van der Waals surface area (Å²) in [6.45, 7) is 4.51. The normalized spacial score (nSPS) is 10.8. The maximum absolute atomic E-state index is 5.24. The van der Waals surface area contributed by atoms with Gasteiger partial charge in [-0.1, -0.05) is 0 Å². The Hall–Kier alpha value is -0.760. The summed E-state index contributed by atoms with van der Waals surface area (Å²) in [6, 6.07) is 3.82. The number of furan rings is 1. The molecule has 0 bridgehead atoms. The zero-order valence-electron chi connectivity index (χ0n) is 6.42. The van der Waals surface area contributed by atoms with Crippen molar-refractivity contribution in [2.24, 2.45) is 0 Å². The van der Waals surface area contributed by atoms with Gasteiger partial charge in [-0.3, -0.25) is 0 Å². The average molecular weight is 138 g/mol. The predicted molar refractivity (Wildman–Crippen MR) is 40.6 cm³/mol. The van der Waals surface area contributed by atoms with Crippen LogP contribution in [0.2, 0.25) is 0 Å². The molecule has 0 aliphatic rings. The van der Waals surface area contributed by atoms with Crippen LogP contribution in [0.4, 0.5) is 0 Å². The predicted octanol–water partition coefficient (Wildman–Crippen LogP) is 1.52. The lowest BCUT2D eigenvalue weighted by atomic mass is 10.4. The largest absolute Gasteiger partial charge is 0.465 e. The Bertz CT molecular complexity index is 203. The summed E-state index contributed by atoms with van der Waals surface area (Å²) in [6.07, 6.45) is 0. The highest BCUT2D eigenvalue weighted by atomic mass is 16.3. The molecule has 1 heterocycles. The third-order valence-corrected chi connectivity index (χ3v) is 1.19. The van der Waals surface area contributed by atoms with Gasteiger partial charge in [-0.25, -0.2) is 0 Å². The van der Waals surface area contributed by atoms with Gasteiger partial charge in [0.1, 0.15) is 11.5 Å². The summed E-state index contributed by atoms with van der Waals surface area (Å²) in [4.78, 5) is 2.05. The molecule has 1 aromatic heterocycles. The average Bonchev–Trinajstić information content (AvgIpc) is 2.13. The Labute approximate surface area is 61.4 Å². The van der Waals surface area contributed by atoms with Crippen molar-refractivity contribution >= 4 is 0 Å². The molecular formula is C8H12NO. The summed E-state index contributed by atoms with van der Waals surface area (Å²) in [7, 11) is 4.01. The molecule has 0 aliphatic carbocycles. The van der Waals surface area contributed by atoms with Crippen LogP contribution in [0, 0.1) is 6.92 Å². The molecule has 2 heteroatoms. The Morgan fingerprint density at radius 3 is 2.60 bits per heavy atom. The lowest BCUT2D eigenvalue weighted by molar-refractivity contribution is 0.347. The van der Waals surface area contributed by atoms with Crippen molar-refractivity contribution in [3.05, 3.63) is 30.6 Å². The highest BCUT2D eigenvalue weighted by molar-refractivity contribution is 5.08. The fourth-order valence-electron chi connectivity index (χ4n) is 0.819. The lowest BCUT2D eigenvalue weighted by Crippen LogP contribution is -2.09. The van der Waals surface area contributed by atoms with E-state index in [9.17, 15) is 0 Å². The Kier molecular flexibility index (Phi) is 2.12. The molecule has 0 atom stereocenters. The van der Waals surface area contributed by atoms with Gasteiger partial charge in [-0.05, 0) is 26.2 Å². The summed E-state index contributed by atoms with van der Waals surface area (Å²) in [5, 5.41) is 0. The fourth-order valence-corrected chi connectivity index (χ4v) is 0.819. The van der Waals surface area contributed by atoms with Crippen LogP contribution < -0.4 is 0 Å². The highest BCUT2D eigenvalue weighted by Crippen LogP contribution is 2.06. The third kappa shape index (κ3) is 1.88. The highest BCUT2D eigenvalue weighted by Gasteiger charge is 1.98. The summed E-state index contributed by atoms with van der Waals surface area (Å²) in [5.41, 5.74) is 0. The SMILES string of the molecule is [CH2]c1ccc(CN(C)C)o1. The summed E-state index contributed by atoms with van der Waals surface area (Å²) >= 11 is 0. The van der Waals surface area contributed by atoms with Gasteiger partial charge in [0.2, 0.25) is 0 Å². The van der Waals surface area contributed by atoms with Crippen LogP contribution in [-0.2, 0) is 6.54 Å². The van der Waals surface area contributed by atoms with Crippen LogP contribution >= 0.6 is 0 Å². The molecule has 0 unspecified atom stereocenters. The number of nitrogens with zero attached hydrogens (tertiary/aromatic N) is 1. The quantitative estimate of drug-likeness (QED) is 0.616. The van der Waals surface area contributed by atoms with Crippen LogP contribution in [0.1, 0.15) is 11.5 Å². The molecule has 1 rings (SSSR count). The molecule has 0 N–H and O–H groups in total. The first kappa shape index (κ1) is 7.35. The van der Waals surface area contributed by atoms with Crippen LogP contribution in [0.25, 0.3) is 0 Å². The van der Waals surface area contributed by atoms with E-state index >= 15 is 0 Å². The van der Waals surface area contributed by atoms with E-state index in [-0.39, 0.29) is 0 Å². The van der Waals surface area contributed by atoms with Gasteiger partial charge >= 0.3 is 0 Å². The molecule has 1 radical (unpaired) electrons. The van der Waals surface area contributed by atoms with E-state index in [0.717, 1.165) is 18.1 Å². The Morgan fingerprint density at radius 1 is 1.50 bits per heavy atom. The molecule has 2 nitrogen and oxygen atoms in total. The van der Waals surface area contributed by atoms with Gasteiger partial charge < -0.3 is 9.32 Å². The molecule has 55 valence electrons. The molecule has 10 heavy (non-hydrogen) atoms. The van der Waals surface area contributed by atoms with Crippen molar-refractivity contribution in [1.29, 1.82) is 0 Å². The van der Waals surface area contributed by atoms with E-state index < -0.39 is 0 Å². The van der Waals surface area contributed by atoms with Gasteiger partial charge in [0.25, 0.3) is 0 Å². The minimum Gasteiger partial charge on any atom is -0.465 e. The number of hydrogen-bond acceptors (Lipinski definition) is 2. The second-order valence-corrected chi connectivity index (χ2v) is 2.61. The molecule has 0 fully saturated rings. The standard InChI is InChI=1S/C8H12NO/c1-7-4-5-8(10-7)6-9(2)3/h4-5H,1,6H2,2-3H3. The van der Waals surface area contributed by atoms with Crippen LogP contribution in [0.5, 0.6) is 0 Å². The second-order valence-electron chi connectivity index (χ2n) is 2.61. The van der Waals surface area contributed by atoms with Gasteiger partial charge in [-0.2, -0.15) is 0 Å². The third-order valence-electron chi connectivity index (χ3n) is 1.19. The van der Waals surface area contributed by atoms with Crippen molar-refractivity contribution < 1.29 is 4.42 Å². The van der Waals surface area contributed by atoms with E-state index in [2.05, 4.69) is 11.8 Å². The van der Waals surface area contributed by atoms with Crippen LogP contribution in [-0.4, -0.2) is 19.0 Å². The topological polar surface area (TPSA) is 16.4 Å². The monoisotopic (exact) mass is 138 g/mol. The van der Waals surface area contributed by atoms with Crippen molar-refractivity contribution in [2.45, 2.75) is 6.54 Å². The van der Waals surface area contributed by atoms with Crippen molar-refractivity contribution in [3.8, 4) is 0 Å². The maximum atomic E-state index is 5.24.